The number of hydrogen-bond acceptors (Lipinski definition) is 6. The van der Waals surface area contributed by atoms with E-state index >= 15 is 0 Å². The highest BCUT2D eigenvalue weighted by Gasteiger charge is 2.42. The van der Waals surface area contributed by atoms with Crippen LogP contribution >= 0.6 is 11.3 Å². The zero-order valence-electron chi connectivity index (χ0n) is 18.9. The molecule has 2 fully saturated rings. The number of thiophene rings is 1. The molecule has 3 aromatic rings. The van der Waals surface area contributed by atoms with Gasteiger partial charge in [-0.05, 0) is 66.2 Å². The second kappa shape index (κ2) is 8.45. The maximum Gasteiger partial charge on any atom is 0.254 e. The highest BCUT2D eigenvalue weighted by Crippen LogP contribution is 2.38. The fraction of sp³-hybridized carbons (Fsp3) is 0.480. The SMILES string of the molecule is Cc1nc(OCc2ccc(C(=O)N3CC4CCC(N)C4C3)c(C(C)C)c2)c2ccsc2n1. The lowest BCUT2D eigenvalue weighted by molar-refractivity contribution is 0.0778. The number of fused-ring (bicyclic) bond motifs is 2. The quantitative estimate of drug-likeness (QED) is 0.618. The lowest BCUT2D eigenvalue weighted by Crippen LogP contribution is -2.34. The molecule has 0 bridgehead atoms. The van der Waals surface area contributed by atoms with Crippen molar-refractivity contribution < 1.29 is 9.53 Å². The lowest BCUT2D eigenvalue weighted by atomic mass is 9.94. The fourth-order valence-corrected chi connectivity index (χ4v) is 6.01. The van der Waals surface area contributed by atoms with Crippen molar-refractivity contribution in [3.8, 4) is 5.88 Å². The van der Waals surface area contributed by atoms with Gasteiger partial charge in [-0.1, -0.05) is 26.0 Å². The molecule has 2 N–H and O–H groups in total. The van der Waals surface area contributed by atoms with Crippen LogP contribution in [-0.2, 0) is 6.61 Å². The highest BCUT2D eigenvalue weighted by molar-refractivity contribution is 7.16. The molecule has 1 saturated carbocycles. The number of nitrogens with two attached hydrogens (primary N) is 1. The fourth-order valence-electron chi connectivity index (χ4n) is 5.21. The van der Waals surface area contributed by atoms with Crippen LogP contribution in [0.3, 0.4) is 0 Å². The molecule has 3 atom stereocenters. The molecule has 0 spiro atoms. The second-order valence-electron chi connectivity index (χ2n) is 9.46. The highest BCUT2D eigenvalue weighted by atomic mass is 32.1. The molecule has 5 rings (SSSR count). The number of ether oxygens (including phenoxy) is 1. The smallest absolute Gasteiger partial charge is 0.254 e. The van der Waals surface area contributed by atoms with Gasteiger partial charge >= 0.3 is 0 Å². The van der Waals surface area contributed by atoms with Gasteiger partial charge in [-0.15, -0.1) is 11.3 Å². The average Bonchev–Trinajstić information content (AvgIpc) is 3.49. The summed E-state index contributed by atoms with van der Waals surface area (Å²) in [7, 11) is 0. The number of carbonyl (C=O) groups excluding carboxylic acids is 1. The maximum absolute atomic E-state index is 13.4. The number of carbonyl (C=O) groups is 1. The topological polar surface area (TPSA) is 81.3 Å². The number of aryl methyl sites for hydroxylation is 1. The van der Waals surface area contributed by atoms with Gasteiger partial charge in [0.2, 0.25) is 5.88 Å². The minimum atomic E-state index is 0.133. The molecule has 0 radical (unpaired) electrons. The number of hydrogen-bond donors (Lipinski definition) is 1. The Labute approximate surface area is 192 Å². The van der Waals surface area contributed by atoms with Crippen LogP contribution in [0.1, 0.15) is 59.9 Å². The van der Waals surface area contributed by atoms with Crippen molar-refractivity contribution in [2.24, 2.45) is 17.6 Å². The largest absolute Gasteiger partial charge is 0.472 e. The van der Waals surface area contributed by atoms with Crippen molar-refractivity contribution in [3.05, 3.63) is 52.2 Å². The van der Waals surface area contributed by atoms with Crippen LogP contribution in [0, 0.1) is 18.8 Å². The molecule has 32 heavy (non-hydrogen) atoms. The van der Waals surface area contributed by atoms with Gasteiger partial charge in [0.25, 0.3) is 5.91 Å². The molecule has 168 valence electrons. The van der Waals surface area contributed by atoms with Crippen molar-refractivity contribution in [3.63, 3.8) is 0 Å². The van der Waals surface area contributed by atoms with E-state index in [4.69, 9.17) is 10.5 Å². The molecule has 2 aliphatic rings. The van der Waals surface area contributed by atoms with Gasteiger partial charge in [-0.25, -0.2) is 4.98 Å². The third-order valence-corrected chi connectivity index (χ3v) is 7.75. The normalized spacial score (nSPS) is 22.7. The minimum absolute atomic E-state index is 0.133. The monoisotopic (exact) mass is 450 g/mol. The van der Waals surface area contributed by atoms with E-state index in [9.17, 15) is 4.79 Å². The predicted octanol–water partition coefficient (Wildman–Crippen LogP) is 4.51. The zero-order chi connectivity index (χ0) is 22.4. The third-order valence-electron chi connectivity index (χ3n) is 6.95. The summed E-state index contributed by atoms with van der Waals surface area (Å²) in [6, 6.07) is 8.31. The summed E-state index contributed by atoms with van der Waals surface area (Å²) >= 11 is 1.59. The molecule has 1 aliphatic carbocycles. The first-order valence-electron chi connectivity index (χ1n) is 11.4. The van der Waals surface area contributed by atoms with Crippen molar-refractivity contribution in [1.82, 2.24) is 14.9 Å². The van der Waals surface area contributed by atoms with Crippen molar-refractivity contribution in [1.29, 1.82) is 0 Å². The Balaban J connectivity index is 1.35. The van der Waals surface area contributed by atoms with Gasteiger partial charge in [0.15, 0.2) is 0 Å². The molecule has 3 unspecified atom stereocenters. The van der Waals surface area contributed by atoms with E-state index in [0.29, 0.717) is 30.1 Å². The molecule has 1 saturated heterocycles. The average molecular weight is 451 g/mol. The summed E-state index contributed by atoms with van der Waals surface area (Å²) in [6.07, 6.45) is 2.23. The van der Waals surface area contributed by atoms with Gasteiger partial charge in [0.05, 0.1) is 5.39 Å². The van der Waals surface area contributed by atoms with Gasteiger partial charge in [-0.3, -0.25) is 4.79 Å². The molecular weight excluding hydrogens is 420 g/mol. The molecule has 2 aromatic heterocycles. The van der Waals surface area contributed by atoms with Crippen LogP contribution < -0.4 is 10.5 Å². The Morgan fingerprint density at radius 2 is 2.09 bits per heavy atom. The predicted molar refractivity (Wildman–Crippen MR) is 127 cm³/mol. The summed E-state index contributed by atoms with van der Waals surface area (Å²) in [5.74, 6) is 2.71. The van der Waals surface area contributed by atoms with Gasteiger partial charge < -0.3 is 15.4 Å². The first kappa shape index (κ1) is 21.3. The van der Waals surface area contributed by atoms with Crippen molar-refractivity contribution in [2.75, 3.05) is 13.1 Å². The molecule has 6 nitrogen and oxygen atoms in total. The number of rotatable bonds is 5. The molecule has 1 aromatic carbocycles. The van der Waals surface area contributed by atoms with Crippen LogP contribution in [0.5, 0.6) is 5.88 Å². The summed E-state index contributed by atoms with van der Waals surface area (Å²) in [5.41, 5.74) is 9.18. The summed E-state index contributed by atoms with van der Waals surface area (Å²) in [6.45, 7) is 8.17. The first-order valence-corrected chi connectivity index (χ1v) is 12.3. The molecule has 1 amide bonds. The number of likely N-dealkylation sites (tertiary alicyclic amines) is 1. The standard InChI is InChI=1S/C25H30N4O2S/c1-14(2)20-10-16(13-31-23-19-8-9-32-24(19)28-15(3)27-23)4-6-18(20)25(30)29-11-17-5-7-22(26)21(17)12-29/h4,6,8-10,14,17,21-22H,5,7,11-13,26H2,1-3H3. The van der Waals surface area contributed by atoms with E-state index in [1.165, 1.54) is 0 Å². The third kappa shape index (κ3) is 3.88. The molecule has 7 heteroatoms. The Morgan fingerprint density at radius 1 is 1.25 bits per heavy atom. The van der Waals surface area contributed by atoms with Gasteiger partial charge in [0, 0.05) is 24.7 Å². The van der Waals surface area contributed by atoms with Crippen LogP contribution in [0.2, 0.25) is 0 Å². The maximum atomic E-state index is 13.4. The number of aromatic nitrogens is 2. The lowest BCUT2D eigenvalue weighted by Gasteiger charge is -2.22. The number of nitrogens with zero attached hydrogens (tertiary/aromatic N) is 3. The molecular formula is C25H30N4O2S. The van der Waals surface area contributed by atoms with Crippen molar-refractivity contribution in [2.45, 2.75) is 52.2 Å². The van der Waals surface area contributed by atoms with E-state index in [0.717, 1.165) is 52.8 Å². The van der Waals surface area contributed by atoms with E-state index in [2.05, 4.69) is 29.9 Å². The summed E-state index contributed by atoms with van der Waals surface area (Å²) in [5, 5.41) is 2.94. The number of amides is 1. The van der Waals surface area contributed by atoms with Crippen molar-refractivity contribution >= 4 is 27.5 Å². The Bertz CT molecular complexity index is 1160. The van der Waals surface area contributed by atoms with Crippen LogP contribution in [0.25, 0.3) is 10.2 Å². The Hall–Kier alpha value is -2.51. The molecule has 1 aliphatic heterocycles. The Kier molecular flexibility index (Phi) is 5.63. The van der Waals surface area contributed by atoms with Crippen LogP contribution in [-0.4, -0.2) is 39.9 Å². The van der Waals surface area contributed by atoms with Crippen LogP contribution in [0.4, 0.5) is 0 Å². The van der Waals surface area contributed by atoms with Gasteiger partial charge in [0.1, 0.15) is 17.3 Å². The van der Waals surface area contributed by atoms with E-state index in [-0.39, 0.29) is 17.9 Å². The van der Waals surface area contributed by atoms with Crippen LogP contribution in [0.15, 0.2) is 29.6 Å². The second-order valence-corrected chi connectivity index (χ2v) is 10.4. The zero-order valence-corrected chi connectivity index (χ0v) is 19.7. The summed E-state index contributed by atoms with van der Waals surface area (Å²) < 4.78 is 6.09. The first-order chi connectivity index (χ1) is 15.4. The minimum Gasteiger partial charge on any atom is -0.472 e. The Morgan fingerprint density at radius 3 is 2.88 bits per heavy atom. The van der Waals surface area contributed by atoms with E-state index < -0.39 is 0 Å². The number of benzene rings is 1. The van der Waals surface area contributed by atoms with Gasteiger partial charge in [-0.2, -0.15) is 4.98 Å². The summed E-state index contributed by atoms with van der Waals surface area (Å²) in [4.78, 5) is 25.3. The van der Waals surface area contributed by atoms with E-state index in [1.807, 2.05) is 35.4 Å². The molecule has 3 heterocycles. The van der Waals surface area contributed by atoms with E-state index in [1.54, 1.807) is 11.3 Å².